The SMILES string of the molecule is [B][C@@H]1O[C@H](COP(=O)(O)O)[C@@H](O)[C@@]1(C)O. The number of aliphatic hydroxyl groups excluding tert-OH is 1. The van der Waals surface area contributed by atoms with Crippen LogP contribution in [0.3, 0.4) is 0 Å². The summed E-state index contributed by atoms with van der Waals surface area (Å²) in [5, 5.41) is 19.1. The Bertz CT molecular complexity index is 277. The van der Waals surface area contributed by atoms with Crippen LogP contribution in [0.25, 0.3) is 0 Å². The molecule has 1 aliphatic rings. The Labute approximate surface area is 87.7 Å². The van der Waals surface area contributed by atoms with E-state index in [-0.39, 0.29) is 0 Å². The summed E-state index contributed by atoms with van der Waals surface area (Å²) >= 11 is 0. The summed E-state index contributed by atoms with van der Waals surface area (Å²) in [6.45, 7) is 0.717. The normalized spacial score (nSPS) is 42.1. The van der Waals surface area contributed by atoms with E-state index in [0.29, 0.717) is 0 Å². The van der Waals surface area contributed by atoms with Crippen LogP contribution in [-0.4, -0.2) is 58.3 Å². The third-order valence-electron chi connectivity index (χ3n) is 2.26. The van der Waals surface area contributed by atoms with Crippen molar-refractivity contribution in [2.45, 2.75) is 30.7 Å². The summed E-state index contributed by atoms with van der Waals surface area (Å²) in [5.74, 6) is 0. The van der Waals surface area contributed by atoms with E-state index < -0.39 is 38.2 Å². The molecule has 1 fully saturated rings. The predicted molar refractivity (Wildman–Crippen MR) is 49.0 cm³/mol. The van der Waals surface area contributed by atoms with Crippen molar-refractivity contribution >= 4 is 15.7 Å². The van der Waals surface area contributed by atoms with Gasteiger partial charge in [-0.3, -0.25) is 4.52 Å². The largest absolute Gasteiger partial charge is 0.469 e. The Morgan fingerprint density at radius 1 is 1.60 bits per heavy atom. The molecule has 0 unspecified atom stereocenters. The lowest BCUT2D eigenvalue weighted by molar-refractivity contribution is -0.0465. The monoisotopic (exact) mass is 238 g/mol. The van der Waals surface area contributed by atoms with Crippen molar-refractivity contribution in [2.24, 2.45) is 0 Å². The van der Waals surface area contributed by atoms with Gasteiger partial charge in [-0.15, -0.1) is 0 Å². The molecule has 2 radical (unpaired) electrons. The molecule has 0 aromatic rings. The Morgan fingerprint density at radius 2 is 2.13 bits per heavy atom. The standard InChI is InChI=1S/C6H12BO7P/c1-6(9)4(8)3(14-5(6)7)2-13-15(10,11)12/h3-5,8-9H,2H2,1H3,(H2,10,11,12)/t3-,4-,5-,6-/m1/s1. The van der Waals surface area contributed by atoms with Gasteiger partial charge in [-0.25, -0.2) is 4.57 Å². The van der Waals surface area contributed by atoms with Gasteiger partial charge in [0.2, 0.25) is 0 Å². The van der Waals surface area contributed by atoms with Gasteiger partial charge in [0.05, 0.1) is 6.61 Å². The summed E-state index contributed by atoms with van der Waals surface area (Å²) in [7, 11) is 0.731. The lowest BCUT2D eigenvalue weighted by Crippen LogP contribution is -2.46. The van der Waals surface area contributed by atoms with Gasteiger partial charge in [-0.1, -0.05) is 0 Å². The van der Waals surface area contributed by atoms with E-state index in [0.717, 1.165) is 0 Å². The Hall–Kier alpha value is 0.0549. The molecule has 0 aromatic carbocycles. The molecule has 0 bridgehead atoms. The van der Waals surface area contributed by atoms with Crippen LogP contribution < -0.4 is 0 Å². The van der Waals surface area contributed by atoms with Gasteiger partial charge >= 0.3 is 7.82 Å². The number of phosphoric acid groups is 1. The minimum Gasteiger partial charge on any atom is -0.387 e. The molecule has 15 heavy (non-hydrogen) atoms. The molecular weight excluding hydrogens is 226 g/mol. The van der Waals surface area contributed by atoms with Crippen LogP contribution in [0, 0.1) is 0 Å². The van der Waals surface area contributed by atoms with Crippen molar-refractivity contribution in [1.29, 1.82) is 0 Å². The molecule has 1 rings (SSSR count). The van der Waals surface area contributed by atoms with Crippen molar-refractivity contribution in [3.05, 3.63) is 0 Å². The zero-order valence-corrected chi connectivity index (χ0v) is 8.87. The number of phosphoric ester groups is 1. The quantitative estimate of drug-likeness (QED) is 0.335. The van der Waals surface area contributed by atoms with Crippen LogP contribution in [0.2, 0.25) is 0 Å². The maximum Gasteiger partial charge on any atom is 0.469 e. The molecule has 0 amide bonds. The smallest absolute Gasteiger partial charge is 0.387 e. The van der Waals surface area contributed by atoms with E-state index >= 15 is 0 Å². The highest BCUT2D eigenvalue weighted by atomic mass is 31.2. The molecule has 7 nitrogen and oxygen atoms in total. The van der Waals surface area contributed by atoms with Crippen molar-refractivity contribution in [3.63, 3.8) is 0 Å². The minimum atomic E-state index is -4.62. The number of hydrogen-bond acceptors (Lipinski definition) is 5. The molecule has 0 saturated carbocycles. The average Bonchev–Trinajstić information content (AvgIpc) is 2.25. The van der Waals surface area contributed by atoms with Gasteiger partial charge < -0.3 is 24.7 Å². The maximum atomic E-state index is 10.4. The molecule has 4 atom stereocenters. The second-order valence-electron chi connectivity index (χ2n) is 3.55. The van der Waals surface area contributed by atoms with Gasteiger partial charge in [0.1, 0.15) is 25.7 Å². The van der Waals surface area contributed by atoms with Crippen LogP contribution >= 0.6 is 7.82 Å². The Kier molecular flexibility index (Phi) is 3.62. The zero-order chi connectivity index (χ0) is 11.9. The molecule has 0 aliphatic carbocycles. The van der Waals surface area contributed by atoms with Crippen LogP contribution in [0.15, 0.2) is 0 Å². The van der Waals surface area contributed by atoms with E-state index in [1.807, 2.05) is 0 Å². The van der Waals surface area contributed by atoms with E-state index in [1.165, 1.54) is 6.92 Å². The molecular formula is C6H12BO7P. The lowest BCUT2D eigenvalue weighted by Gasteiger charge is -2.24. The minimum absolute atomic E-state index is 0.546. The van der Waals surface area contributed by atoms with Crippen LogP contribution in [0.5, 0.6) is 0 Å². The maximum absolute atomic E-state index is 10.4. The first-order valence-electron chi connectivity index (χ1n) is 4.16. The Balaban J connectivity index is 2.57. The van der Waals surface area contributed by atoms with Crippen molar-refractivity contribution in [3.8, 4) is 0 Å². The highest BCUT2D eigenvalue weighted by Crippen LogP contribution is 2.38. The van der Waals surface area contributed by atoms with E-state index in [1.54, 1.807) is 0 Å². The molecule has 9 heteroatoms. The molecule has 1 saturated heterocycles. The Morgan fingerprint density at radius 3 is 2.47 bits per heavy atom. The van der Waals surface area contributed by atoms with Crippen LogP contribution in [0.1, 0.15) is 6.92 Å². The van der Waals surface area contributed by atoms with E-state index in [2.05, 4.69) is 4.52 Å². The highest BCUT2D eigenvalue weighted by Gasteiger charge is 2.49. The molecule has 0 spiro atoms. The van der Waals surface area contributed by atoms with E-state index in [9.17, 15) is 14.8 Å². The first kappa shape index (κ1) is 13.1. The van der Waals surface area contributed by atoms with Crippen LogP contribution in [-0.2, 0) is 13.8 Å². The fourth-order valence-corrected chi connectivity index (χ4v) is 1.59. The lowest BCUT2D eigenvalue weighted by atomic mass is 9.82. The van der Waals surface area contributed by atoms with Gasteiger partial charge in [-0.2, -0.15) is 0 Å². The molecule has 4 N–H and O–H groups in total. The number of rotatable bonds is 3. The summed E-state index contributed by atoms with van der Waals surface area (Å²) in [6, 6.07) is -1.13. The van der Waals surface area contributed by atoms with Gasteiger partial charge in [0.15, 0.2) is 0 Å². The average molecular weight is 238 g/mol. The third-order valence-corrected chi connectivity index (χ3v) is 2.74. The number of hydrogen-bond donors (Lipinski definition) is 4. The first-order chi connectivity index (χ1) is 6.64. The van der Waals surface area contributed by atoms with E-state index in [4.69, 9.17) is 22.4 Å². The van der Waals surface area contributed by atoms with Gasteiger partial charge in [0, 0.05) is 6.00 Å². The second kappa shape index (κ2) is 4.14. The fourth-order valence-electron chi connectivity index (χ4n) is 1.25. The van der Waals surface area contributed by atoms with Crippen molar-refractivity contribution in [2.75, 3.05) is 6.61 Å². The van der Waals surface area contributed by atoms with Crippen molar-refractivity contribution < 1.29 is 33.8 Å². The summed E-state index contributed by atoms with van der Waals surface area (Å²) in [5.41, 5.74) is -1.66. The molecule has 0 aromatic heterocycles. The predicted octanol–water partition coefficient (Wildman–Crippen LogP) is -1.90. The van der Waals surface area contributed by atoms with Gasteiger partial charge in [0.25, 0.3) is 0 Å². The van der Waals surface area contributed by atoms with Crippen molar-refractivity contribution in [1.82, 2.24) is 0 Å². The summed E-state index contributed by atoms with van der Waals surface area (Å²) < 4.78 is 19.4. The topological polar surface area (TPSA) is 116 Å². The second-order valence-corrected chi connectivity index (χ2v) is 4.79. The first-order valence-corrected chi connectivity index (χ1v) is 5.69. The van der Waals surface area contributed by atoms with Gasteiger partial charge in [-0.05, 0) is 6.92 Å². The molecule has 1 aliphatic heterocycles. The number of ether oxygens (including phenoxy) is 1. The third kappa shape index (κ3) is 3.01. The van der Waals surface area contributed by atoms with Crippen LogP contribution in [0.4, 0.5) is 0 Å². The zero-order valence-electron chi connectivity index (χ0n) is 7.98. The highest BCUT2D eigenvalue weighted by molar-refractivity contribution is 7.46. The summed E-state index contributed by atoms with van der Waals surface area (Å²) in [4.78, 5) is 16.8. The molecule has 1 heterocycles. The fraction of sp³-hybridized carbons (Fsp3) is 1.00. The number of aliphatic hydroxyl groups is 2. The summed E-state index contributed by atoms with van der Waals surface area (Å²) in [6.07, 6.45) is -2.43. The molecule has 86 valence electrons.